The topological polar surface area (TPSA) is 187 Å². The molecule has 4 aliphatic rings. The smallest absolute Gasteiger partial charge is 0.408 e. The molecule has 1 amide bonds. The van der Waals surface area contributed by atoms with Crippen LogP contribution in [0.2, 0.25) is 0 Å². The van der Waals surface area contributed by atoms with E-state index >= 15 is 0 Å². The number of likely N-dealkylation sites (N-methyl/N-ethyl adjacent to an activating group) is 1. The van der Waals surface area contributed by atoms with Gasteiger partial charge >= 0.3 is 12.1 Å². The number of amides is 1. The molecule has 0 aromatic rings. The number of aliphatic hydroxyl groups excluding tert-OH is 1. The highest BCUT2D eigenvalue weighted by Crippen LogP contribution is 2.43. The standard InChI is InChI=1S/C43H72N2O14/c1-16-30-43(11)35(44-40(50)59-43)25(5)32(47)22(2)20-42(10,52-15)37(58-39-34(53-18-17-23(3)46)29(45(12)13)19-24(4)54-39)26(6)33(27(7)38(49)56-30)57-31-21-41(9,51-14)36(48)28(8)55-31/h17-18,22,24-31,33-37,39,48H,16,19-21H2,1-15H3,(H,44,50)/t22-,24-,25+,26+,27-,28+,29+,30-,31+,33+,34-,35-,36+,37-,39+,41-,42+,43-/m1/s1. The molecule has 16 heteroatoms. The molecule has 0 spiro atoms. The summed E-state index contributed by atoms with van der Waals surface area (Å²) in [6, 6.07) is -1.02. The number of nitrogens with zero attached hydrogens (tertiary/aromatic N) is 1. The summed E-state index contributed by atoms with van der Waals surface area (Å²) in [4.78, 5) is 55.9. The molecule has 0 aromatic heterocycles. The van der Waals surface area contributed by atoms with Crippen LogP contribution in [0.15, 0.2) is 12.3 Å². The lowest BCUT2D eigenvalue weighted by molar-refractivity contribution is -0.319. The van der Waals surface area contributed by atoms with E-state index in [1.165, 1.54) is 26.4 Å². The normalized spacial score (nSPS) is 45.3. The van der Waals surface area contributed by atoms with Crippen molar-refractivity contribution in [3.63, 3.8) is 0 Å². The van der Waals surface area contributed by atoms with E-state index in [-0.39, 0.29) is 43.0 Å². The molecular formula is C43H72N2O14. The Kier molecular flexibility index (Phi) is 16.2. The summed E-state index contributed by atoms with van der Waals surface area (Å²) in [7, 11) is 6.92. The van der Waals surface area contributed by atoms with Crippen LogP contribution >= 0.6 is 0 Å². The maximum atomic E-state index is 14.6. The fraction of sp³-hybridized carbons (Fsp3) is 0.860. The number of carbonyl (C=O) groups excluding carboxylic acids is 4. The van der Waals surface area contributed by atoms with Gasteiger partial charge in [0.15, 0.2) is 30.1 Å². The first kappa shape index (κ1) is 49.0. The van der Waals surface area contributed by atoms with Crippen LogP contribution in [-0.2, 0) is 57.0 Å². The molecule has 0 radical (unpaired) electrons. The van der Waals surface area contributed by atoms with Crippen molar-refractivity contribution in [3.8, 4) is 0 Å². The average Bonchev–Trinajstić information content (AvgIpc) is 3.49. The monoisotopic (exact) mass is 840 g/mol. The third kappa shape index (κ3) is 10.5. The Morgan fingerprint density at radius 2 is 1.58 bits per heavy atom. The molecule has 4 fully saturated rings. The number of hydrogen-bond acceptors (Lipinski definition) is 15. The van der Waals surface area contributed by atoms with Crippen molar-refractivity contribution in [2.75, 3.05) is 28.3 Å². The molecule has 0 aliphatic carbocycles. The Bertz CT molecular complexity index is 1510. The van der Waals surface area contributed by atoms with Gasteiger partial charge in [-0.05, 0) is 81.8 Å². The number of alkyl carbamates (subject to hydrolysis) is 1. The Morgan fingerprint density at radius 1 is 0.932 bits per heavy atom. The molecule has 59 heavy (non-hydrogen) atoms. The van der Waals surface area contributed by atoms with E-state index in [9.17, 15) is 24.3 Å². The highest BCUT2D eigenvalue weighted by Gasteiger charge is 2.58. The number of ketones is 2. The first-order chi connectivity index (χ1) is 27.5. The van der Waals surface area contributed by atoms with E-state index in [1.54, 1.807) is 41.7 Å². The van der Waals surface area contributed by atoms with Crippen LogP contribution in [-0.4, -0.2) is 146 Å². The van der Waals surface area contributed by atoms with Gasteiger partial charge in [-0.2, -0.15) is 0 Å². The minimum absolute atomic E-state index is 0.127. The van der Waals surface area contributed by atoms with Gasteiger partial charge < -0.3 is 58.0 Å². The molecule has 18 atom stereocenters. The van der Waals surface area contributed by atoms with E-state index in [2.05, 4.69) is 5.32 Å². The van der Waals surface area contributed by atoms with Crippen LogP contribution in [0.3, 0.4) is 0 Å². The SMILES string of the molecule is CC[C@H]1OC(=O)[C@H](C)[C@@H](O[C@H]2C[C@@](C)(OC)[C@@H](O)[C@H](C)O2)[C@H](C)[C@@H](O[C@@H]2O[C@H](C)C[C@H](N(C)C)[C@H]2OC=CC(C)=O)[C@@](C)(OC)C[C@@H](C)C(=O)[C@H](C)[C@H]2NC(=O)O[C@@]21C. The van der Waals surface area contributed by atoms with E-state index in [0.717, 1.165) is 0 Å². The number of rotatable bonds is 11. The van der Waals surface area contributed by atoms with E-state index in [0.29, 0.717) is 6.42 Å². The molecule has 4 heterocycles. The molecule has 4 aliphatic heterocycles. The van der Waals surface area contributed by atoms with Crippen molar-refractivity contribution < 1.29 is 66.9 Å². The number of hydrogen-bond donors (Lipinski definition) is 2. The van der Waals surface area contributed by atoms with Crippen LogP contribution in [0.5, 0.6) is 0 Å². The van der Waals surface area contributed by atoms with Gasteiger partial charge in [0.05, 0.1) is 59.9 Å². The van der Waals surface area contributed by atoms with Crippen molar-refractivity contribution in [2.24, 2.45) is 23.7 Å². The van der Waals surface area contributed by atoms with Gasteiger partial charge in [-0.25, -0.2) is 4.79 Å². The zero-order valence-electron chi connectivity index (χ0n) is 37.8. The molecule has 0 saturated carbocycles. The van der Waals surface area contributed by atoms with Crippen molar-refractivity contribution in [1.29, 1.82) is 0 Å². The fourth-order valence-corrected chi connectivity index (χ4v) is 9.69. The summed E-state index contributed by atoms with van der Waals surface area (Å²) in [6.07, 6.45) is -4.36. The number of ether oxygens (including phenoxy) is 9. The van der Waals surface area contributed by atoms with Crippen molar-refractivity contribution in [1.82, 2.24) is 10.2 Å². The van der Waals surface area contributed by atoms with Crippen LogP contribution in [0.1, 0.15) is 102 Å². The molecule has 0 aromatic carbocycles. The number of allylic oxidation sites excluding steroid dienone is 1. The number of cyclic esters (lactones) is 1. The largest absolute Gasteiger partial charge is 0.491 e. The van der Waals surface area contributed by atoms with Gasteiger partial charge in [0.2, 0.25) is 0 Å². The molecule has 2 N–H and O–H groups in total. The first-order valence-electron chi connectivity index (χ1n) is 21.1. The summed E-state index contributed by atoms with van der Waals surface area (Å²) >= 11 is 0. The van der Waals surface area contributed by atoms with E-state index in [1.807, 2.05) is 53.6 Å². The molecule has 4 rings (SSSR count). The second kappa shape index (κ2) is 19.6. The van der Waals surface area contributed by atoms with Gasteiger partial charge in [0, 0.05) is 44.5 Å². The second-order valence-electron chi connectivity index (χ2n) is 18.2. The summed E-state index contributed by atoms with van der Waals surface area (Å²) < 4.78 is 57.4. The zero-order valence-corrected chi connectivity index (χ0v) is 37.8. The lowest BCUT2D eigenvalue weighted by Crippen LogP contribution is -2.61. The lowest BCUT2D eigenvalue weighted by Gasteiger charge is -2.50. The maximum absolute atomic E-state index is 14.6. The number of nitrogens with one attached hydrogen (secondary N) is 1. The summed E-state index contributed by atoms with van der Waals surface area (Å²) in [6.45, 7) is 19.4. The number of fused-ring (bicyclic) bond motifs is 1. The summed E-state index contributed by atoms with van der Waals surface area (Å²) in [5.74, 6) is -4.06. The van der Waals surface area contributed by atoms with Gasteiger partial charge in [-0.3, -0.25) is 14.4 Å². The molecule has 338 valence electrons. The van der Waals surface area contributed by atoms with Crippen LogP contribution in [0.25, 0.3) is 0 Å². The minimum atomic E-state index is -1.37. The predicted molar refractivity (Wildman–Crippen MR) is 215 cm³/mol. The van der Waals surface area contributed by atoms with Gasteiger partial charge in [-0.15, -0.1) is 0 Å². The molecule has 16 nitrogen and oxygen atoms in total. The van der Waals surface area contributed by atoms with E-state index < -0.39 is 108 Å². The Morgan fingerprint density at radius 3 is 2.15 bits per heavy atom. The van der Waals surface area contributed by atoms with Gasteiger partial charge in [0.1, 0.15) is 18.0 Å². The van der Waals surface area contributed by atoms with E-state index in [4.69, 9.17) is 42.6 Å². The second-order valence-corrected chi connectivity index (χ2v) is 18.2. The predicted octanol–water partition coefficient (Wildman–Crippen LogP) is 4.32. The minimum Gasteiger partial charge on any atom is -0.491 e. The Labute approximate surface area is 350 Å². The zero-order chi connectivity index (χ0) is 44.4. The van der Waals surface area contributed by atoms with Crippen molar-refractivity contribution in [3.05, 3.63) is 12.3 Å². The lowest BCUT2D eigenvalue weighted by atomic mass is 9.73. The maximum Gasteiger partial charge on any atom is 0.408 e. The Hall–Kier alpha value is -2.70. The summed E-state index contributed by atoms with van der Waals surface area (Å²) in [5.41, 5.74) is -3.66. The number of methoxy groups -OCH3 is 2. The third-order valence-electron chi connectivity index (χ3n) is 13.4. The van der Waals surface area contributed by atoms with Crippen LogP contribution in [0, 0.1) is 23.7 Å². The molecular weight excluding hydrogens is 768 g/mol. The molecule has 0 unspecified atom stereocenters. The highest BCUT2D eigenvalue weighted by atomic mass is 16.7. The Balaban J connectivity index is 1.91. The number of Topliss-reactive ketones (excluding diaryl/α,β-unsaturated/α-hetero) is 1. The first-order valence-corrected chi connectivity index (χ1v) is 21.1. The van der Waals surface area contributed by atoms with Crippen molar-refractivity contribution >= 4 is 23.6 Å². The number of aliphatic hydroxyl groups is 1. The van der Waals surface area contributed by atoms with Gasteiger partial charge in [0.25, 0.3) is 0 Å². The number of esters is 1. The molecule has 0 bridgehead atoms. The molecule has 4 saturated heterocycles. The summed E-state index contributed by atoms with van der Waals surface area (Å²) in [5, 5.41) is 13.9. The van der Waals surface area contributed by atoms with Crippen LogP contribution in [0.4, 0.5) is 4.79 Å². The third-order valence-corrected chi connectivity index (χ3v) is 13.4. The highest BCUT2D eigenvalue weighted by molar-refractivity contribution is 5.87. The van der Waals surface area contributed by atoms with Gasteiger partial charge in [-0.1, -0.05) is 27.7 Å². The fourth-order valence-electron chi connectivity index (χ4n) is 9.69. The number of carbonyl (C=O) groups is 4. The average molecular weight is 841 g/mol. The quantitative estimate of drug-likeness (QED) is 0.170. The van der Waals surface area contributed by atoms with Crippen LogP contribution < -0.4 is 5.32 Å². The van der Waals surface area contributed by atoms with Crippen molar-refractivity contribution in [2.45, 2.75) is 186 Å².